The van der Waals surface area contributed by atoms with Gasteiger partial charge in [0.1, 0.15) is 17.1 Å². The van der Waals surface area contributed by atoms with Crippen LogP contribution < -0.4 is 10.1 Å². The summed E-state index contributed by atoms with van der Waals surface area (Å²) in [5, 5.41) is 4.55. The molecule has 1 unspecified atom stereocenters. The molecule has 3 nitrogen and oxygen atoms in total. The van der Waals surface area contributed by atoms with Gasteiger partial charge < -0.3 is 14.5 Å². The summed E-state index contributed by atoms with van der Waals surface area (Å²) in [5.41, 5.74) is 3.19. The summed E-state index contributed by atoms with van der Waals surface area (Å²) in [6, 6.07) is 16.2. The molecule has 2 aromatic carbocycles. The molecule has 0 bridgehead atoms. The quantitative estimate of drug-likeness (QED) is 0.713. The van der Waals surface area contributed by atoms with Gasteiger partial charge in [-0.2, -0.15) is 0 Å². The predicted molar refractivity (Wildman–Crippen MR) is 79.3 cm³/mol. The van der Waals surface area contributed by atoms with E-state index in [1.54, 1.807) is 0 Å². The van der Waals surface area contributed by atoms with Crippen LogP contribution in [-0.4, -0.2) is 6.54 Å². The molecule has 100 valence electrons. The van der Waals surface area contributed by atoms with Crippen LogP contribution in [0.2, 0.25) is 0 Å². The smallest absolute Gasteiger partial charge is 0.173 e. The molecule has 0 amide bonds. The Morgan fingerprint density at radius 1 is 1.10 bits per heavy atom. The molecule has 1 aliphatic rings. The van der Waals surface area contributed by atoms with E-state index in [9.17, 15) is 0 Å². The lowest BCUT2D eigenvalue weighted by molar-refractivity contribution is 0.183. The minimum atomic E-state index is -0.0864. The average Bonchev–Trinajstić information content (AvgIpc) is 2.91. The highest BCUT2D eigenvalue weighted by molar-refractivity contribution is 5.78. The lowest BCUT2D eigenvalue weighted by Gasteiger charge is -2.27. The summed E-state index contributed by atoms with van der Waals surface area (Å²) in [6.45, 7) is 2.80. The number of furan rings is 1. The zero-order valence-electron chi connectivity index (χ0n) is 11.2. The third-order valence-corrected chi connectivity index (χ3v) is 3.73. The first-order valence-corrected chi connectivity index (χ1v) is 6.80. The summed E-state index contributed by atoms with van der Waals surface area (Å²) in [6.07, 6.45) is -0.0864. The summed E-state index contributed by atoms with van der Waals surface area (Å²) in [7, 11) is 0. The molecule has 0 fully saturated rings. The van der Waals surface area contributed by atoms with Crippen molar-refractivity contribution in [3.63, 3.8) is 0 Å². The maximum atomic E-state index is 6.07. The Balaban J connectivity index is 1.71. The molecule has 3 heteroatoms. The molecule has 1 aliphatic heterocycles. The van der Waals surface area contributed by atoms with Gasteiger partial charge in [0.2, 0.25) is 0 Å². The SMILES string of the molecule is Cc1cccc2c1NCC(c1cc3ccccc3o1)O2. The van der Waals surface area contributed by atoms with Crippen LogP contribution in [0.25, 0.3) is 11.0 Å². The van der Waals surface area contributed by atoms with E-state index < -0.39 is 0 Å². The summed E-state index contributed by atoms with van der Waals surface area (Å²) >= 11 is 0. The number of benzene rings is 2. The fraction of sp³-hybridized carbons (Fsp3) is 0.176. The maximum absolute atomic E-state index is 6.07. The van der Waals surface area contributed by atoms with Crippen LogP contribution in [0.4, 0.5) is 5.69 Å². The van der Waals surface area contributed by atoms with Gasteiger partial charge in [0.15, 0.2) is 6.10 Å². The number of rotatable bonds is 1. The van der Waals surface area contributed by atoms with Gasteiger partial charge in [-0.1, -0.05) is 30.3 Å². The molecule has 1 atom stereocenters. The van der Waals surface area contributed by atoms with Crippen LogP contribution >= 0.6 is 0 Å². The number of hydrogen-bond donors (Lipinski definition) is 1. The van der Waals surface area contributed by atoms with Gasteiger partial charge in [-0.05, 0) is 30.7 Å². The molecule has 0 aliphatic carbocycles. The first kappa shape index (κ1) is 11.4. The van der Waals surface area contributed by atoms with Crippen molar-refractivity contribution in [2.75, 3.05) is 11.9 Å². The highest BCUT2D eigenvalue weighted by atomic mass is 16.5. The van der Waals surface area contributed by atoms with E-state index in [0.29, 0.717) is 0 Å². The topological polar surface area (TPSA) is 34.4 Å². The molecular weight excluding hydrogens is 250 g/mol. The van der Waals surface area contributed by atoms with Gasteiger partial charge in [-0.25, -0.2) is 0 Å². The first-order valence-electron chi connectivity index (χ1n) is 6.80. The molecule has 2 heterocycles. The van der Waals surface area contributed by atoms with E-state index in [1.165, 1.54) is 5.56 Å². The van der Waals surface area contributed by atoms with E-state index in [-0.39, 0.29) is 6.10 Å². The van der Waals surface area contributed by atoms with Crippen LogP contribution in [0.3, 0.4) is 0 Å². The van der Waals surface area contributed by atoms with E-state index >= 15 is 0 Å². The molecule has 4 rings (SSSR count). The monoisotopic (exact) mass is 265 g/mol. The van der Waals surface area contributed by atoms with Crippen molar-refractivity contribution in [1.29, 1.82) is 0 Å². The Labute approximate surface area is 117 Å². The fourth-order valence-electron chi connectivity index (χ4n) is 2.68. The number of nitrogens with one attached hydrogen (secondary N) is 1. The van der Waals surface area contributed by atoms with Crippen molar-refractivity contribution in [3.8, 4) is 5.75 Å². The van der Waals surface area contributed by atoms with E-state index in [1.807, 2.05) is 30.3 Å². The van der Waals surface area contributed by atoms with Crippen LogP contribution in [0, 0.1) is 6.92 Å². The largest absolute Gasteiger partial charge is 0.478 e. The number of anilines is 1. The Morgan fingerprint density at radius 3 is 2.90 bits per heavy atom. The molecule has 3 aromatic rings. The first-order chi connectivity index (χ1) is 9.81. The molecular formula is C17H15NO2. The molecule has 0 saturated carbocycles. The number of para-hydroxylation sites is 2. The summed E-state index contributed by atoms with van der Waals surface area (Å²) in [5.74, 6) is 1.76. The van der Waals surface area contributed by atoms with Crippen molar-refractivity contribution < 1.29 is 9.15 Å². The van der Waals surface area contributed by atoms with Crippen molar-refractivity contribution in [3.05, 3.63) is 59.9 Å². The fourth-order valence-corrected chi connectivity index (χ4v) is 2.68. The lowest BCUT2D eigenvalue weighted by Crippen LogP contribution is -2.23. The zero-order chi connectivity index (χ0) is 13.5. The molecule has 1 N–H and O–H groups in total. The number of fused-ring (bicyclic) bond motifs is 2. The summed E-state index contributed by atoms with van der Waals surface area (Å²) in [4.78, 5) is 0. The van der Waals surface area contributed by atoms with Gasteiger partial charge >= 0.3 is 0 Å². The Morgan fingerprint density at radius 2 is 2.00 bits per heavy atom. The normalized spacial score (nSPS) is 17.4. The summed E-state index contributed by atoms with van der Waals surface area (Å²) < 4.78 is 12.0. The molecule has 1 aromatic heterocycles. The minimum absolute atomic E-state index is 0.0864. The third-order valence-electron chi connectivity index (χ3n) is 3.73. The average molecular weight is 265 g/mol. The van der Waals surface area contributed by atoms with Gasteiger partial charge in [-0.3, -0.25) is 0 Å². The minimum Gasteiger partial charge on any atom is -0.478 e. The Kier molecular flexibility index (Phi) is 2.46. The Hall–Kier alpha value is -2.42. The van der Waals surface area contributed by atoms with Crippen molar-refractivity contribution in [1.82, 2.24) is 0 Å². The molecule has 0 radical (unpaired) electrons. The van der Waals surface area contributed by atoms with Crippen molar-refractivity contribution >= 4 is 16.7 Å². The highest BCUT2D eigenvalue weighted by Crippen LogP contribution is 2.37. The second kappa shape index (κ2) is 4.30. The number of hydrogen-bond acceptors (Lipinski definition) is 3. The third kappa shape index (κ3) is 1.74. The lowest BCUT2D eigenvalue weighted by atomic mass is 10.1. The highest BCUT2D eigenvalue weighted by Gasteiger charge is 2.24. The van der Waals surface area contributed by atoms with Crippen LogP contribution in [0.5, 0.6) is 5.75 Å². The molecule has 20 heavy (non-hydrogen) atoms. The second-order valence-corrected chi connectivity index (χ2v) is 5.12. The van der Waals surface area contributed by atoms with Gasteiger partial charge in [0.25, 0.3) is 0 Å². The van der Waals surface area contributed by atoms with Crippen molar-refractivity contribution in [2.24, 2.45) is 0 Å². The van der Waals surface area contributed by atoms with Crippen LogP contribution in [0.15, 0.2) is 52.9 Å². The van der Waals surface area contributed by atoms with Gasteiger partial charge in [-0.15, -0.1) is 0 Å². The van der Waals surface area contributed by atoms with Gasteiger partial charge in [0, 0.05) is 5.39 Å². The predicted octanol–water partition coefficient (Wildman–Crippen LogP) is 4.29. The zero-order valence-corrected chi connectivity index (χ0v) is 11.2. The standard InChI is InChI=1S/C17H15NO2/c1-11-5-4-8-14-17(11)18-10-16(20-14)15-9-12-6-2-3-7-13(12)19-15/h2-9,16,18H,10H2,1H3. The second-order valence-electron chi connectivity index (χ2n) is 5.12. The van der Waals surface area contributed by atoms with Gasteiger partial charge in [0.05, 0.1) is 12.2 Å². The van der Waals surface area contributed by atoms with Crippen LogP contribution in [-0.2, 0) is 0 Å². The Bertz CT molecular complexity index is 743. The van der Waals surface area contributed by atoms with Crippen LogP contribution in [0.1, 0.15) is 17.4 Å². The van der Waals surface area contributed by atoms with E-state index in [4.69, 9.17) is 9.15 Å². The molecule has 0 saturated heterocycles. The molecule has 0 spiro atoms. The number of ether oxygens (including phenoxy) is 1. The van der Waals surface area contributed by atoms with Crippen molar-refractivity contribution in [2.45, 2.75) is 13.0 Å². The number of aryl methyl sites for hydroxylation is 1. The van der Waals surface area contributed by atoms with E-state index in [0.717, 1.165) is 34.7 Å². The maximum Gasteiger partial charge on any atom is 0.173 e. The van der Waals surface area contributed by atoms with E-state index in [2.05, 4.69) is 30.4 Å².